The van der Waals surface area contributed by atoms with Gasteiger partial charge in [0.2, 0.25) is 5.88 Å². The van der Waals surface area contributed by atoms with E-state index in [1.807, 2.05) is 6.92 Å². The second-order valence-corrected chi connectivity index (χ2v) is 3.69. The molecule has 2 N–H and O–H groups in total. The lowest BCUT2D eigenvalue weighted by Gasteiger charge is -2.12. The Balaban J connectivity index is 2.98. The summed E-state index contributed by atoms with van der Waals surface area (Å²) in [7, 11) is -2.06. The standard InChI is InChI=1S/C10H13BF3NO3/c1-2-3-4-18-9-8(11(16)17)5-7(6-15-9)10(12,13)14/h5-6,16-17H,2-4H2,1H3. The molecule has 8 heteroatoms. The van der Waals surface area contributed by atoms with Gasteiger partial charge in [-0.25, -0.2) is 4.98 Å². The van der Waals surface area contributed by atoms with Crippen molar-refractivity contribution in [3.05, 3.63) is 17.8 Å². The predicted molar refractivity (Wildman–Crippen MR) is 59.5 cm³/mol. The number of unbranched alkanes of at least 4 members (excludes halogenated alkanes) is 1. The molecule has 0 atom stereocenters. The van der Waals surface area contributed by atoms with Crippen molar-refractivity contribution >= 4 is 12.6 Å². The summed E-state index contributed by atoms with van der Waals surface area (Å²) in [4.78, 5) is 3.48. The zero-order valence-corrected chi connectivity index (χ0v) is 9.74. The minimum Gasteiger partial charge on any atom is -0.478 e. The van der Waals surface area contributed by atoms with Gasteiger partial charge >= 0.3 is 13.3 Å². The molecule has 1 rings (SSSR count). The molecule has 0 aliphatic heterocycles. The lowest BCUT2D eigenvalue weighted by atomic mass is 9.80. The quantitative estimate of drug-likeness (QED) is 0.613. The molecular weight excluding hydrogens is 250 g/mol. The van der Waals surface area contributed by atoms with Gasteiger partial charge in [-0.15, -0.1) is 0 Å². The molecule has 0 fully saturated rings. The van der Waals surface area contributed by atoms with Gasteiger partial charge in [-0.1, -0.05) is 13.3 Å². The van der Waals surface area contributed by atoms with Gasteiger partial charge in [-0.2, -0.15) is 13.2 Å². The predicted octanol–water partition coefficient (Wildman–Crippen LogP) is 0.959. The van der Waals surface area contributed by atoms with Gasteiger partial charge < -0.3 is 14.8 Å². The molecule has 1 heterocycles. The fourth-order valence-corrected chi connectivity index (χ4v) is 1.24. The first-order valence-electron chi connectivity index (χ1n) is 5.42. The SMILES string of the molecule is CCCCOc1ncc(C(F)(F)F)cc1B(O)O. The van der Waals surface area contributed by atoms with Crippen LogP contribution in [0, 0.1) is 0 Å². The fourth-order valence-electron chi connectivity index (χ4n) is 1.24. The maximum atomic E-state index is 12.4. The van der Waals surface area contributed by atoms with E-state index in [2.05, 4.69) is 4.98 Å². The summed E-state index contributed by atoms with van der Waals surface area (Å²) < 4.78 is 42.4. The number of ether oxygens (including phenoxy) is 1. The number of rotatable bonds is 5. The normalized spacial score (nSPS) is 11.4. The van der Waals surface area contributed by atoms with Crippen molar-refractivity contribution in [2.45, 2.75) is 25.9 Å². The first kappa shape index (κ1) is 14.8. The molecule has 1 aromatic heterocycles. The zero-order chi connectivity index (χ0) is 13.8. The molecule has 18 heavy (non-hydrogen) atoms. The molecule has 0 aromatic carbocycles. The van der Waals surface area contributed by atoms with Crippen molar-refractivity contribution < 1.29 is 28.0 Å². The van der Waals surface area contributed by atoms with Crippen LogP contribution in [0.3, 0.4) is 0 Å². The maximum Gasteiger partial charge on any atom is 0.494 e. The Bertz CT molecular complexity index is 398. The van der Waals surface area contributed by atoms with E-state index < -0.39 is 18.9 Å². The highest BCUT2D eigenvalue weighted by atomic mass is 19.4. The van der Waals surface area contributed by atoms with Gasteiger partial charge in [0.05, 0.1) is 12.2 Å². The third-order valence-electron chi connectivity index (χ3n) is 2.22. The van der Waals surface area contributed by atoms with Crippen LogP contribution in [0.25, 0.3) is 0 Å². The van der Waals surface area contributed by atoms with Crippen molar-refractivity contribution in [1.29, 1.82) is 0 Å². The van der Waals surface area contributed by atoms with Gasteiger partial charge in [0, 0.05) is 11.7 Å². The zero-order valence-electron chi connectivity index (χ0n) is 9.74. The topological polar surface area (TPSA) is 62.6 Å². The van der Waals surface area contributed by atoms with Gasteiger partial charge in [-0.3, -0.25) is 0 Å². The molecule has 1 aromatic rings. The smallest absolute Gasteiger partial charge is 0.478 e. The molecule has 0 saturated heterocycles. The van der Waals surface area contributed by atoms with Crippen LogP contribution in [0.2, 0.25) is 0 Å². The molecule has 100 valence electrons. The summed E-state index contributed by atoms with van der Waals surface area (Å²) in [5.74, 6) is -0.188. The molecule has 0 amide bonds. The number of pyridine rings is 1. The number of aromatic nitrogens is 1. The fraction of sp³-hybridized carbons (Fsp3) is 0.500. The van der Waals surface area contributed by atoms with Crippen LogP contribution in [0.15, 0.2) is 12.3 Å². The molecule has 0 radical (unpaired) electrons. The highest BCUT2D eigenvalue weighted by Gasteiger charge is 2.33. The molecular formula is C10H13BF3NO3. The minimum atomic E-state index is -4.58. The number of hydrogen-bond donors (Lipinski definition) is 2. The Morgan fingerprint density at radius 1 is 1.39 bits per heavy atom. The lowest BCUT2D eigenvalue weighted by Crippen LogP contribution is -2.33. The molecule has 4 nitrogen and oxygen atoms in total. The van der Waals surface area contributed by atoms with Gasteiger partial charge in [-0.05, 0) is 12.5 Å². The molecule has 0 aliphatic rings. The minimum absolute atomic E-state index is 0.188. The number of hydrogen-bond acceptors (Lipinski definition) is 4. The van der Waals surface area contributed by atoms with Crippen molar-refractivity contribution in [3.63, 3.8) is 0 Å². The molecule has 0 saturated carbocycles. The van der Waals surface area contributed by atoms with Crippen LogP contribution in [0.1, 0.15) is 25.3 Å². The van der Waals surface area contributed by atoms with E-state index in [1.165, 1.54) is 0 Å². The highest BCUT2D eigenvalue weighted by Crippen LogP contribution is 2.28. The van der Waals surface area contributed by atoms with Crippen molar-refractivity contribution in [2.75, 3.05) is 6.61 Å². The van der Waals surface area contributed by atoms with E-state index in [9.17, 15) is 13.2 Å². The van der Waals surface area contributed by atoms with Crippen molar-refractivity contribution in [3.8, 4) is 5.88 Å². The first-order chi connectivity index (χ1) is 8.36. The van der Waals surface area contributed by atoms with E-state index in [-0.39, 0.29) is 17.9 Å². The van der Waals surface area contributed by atoms with Crippen LogP contribution < -0.4 is 10.2 Å². The average molecular weight is 263 g/mol. The van der Waals surface area contributed by atoms with Crippen molar-refractivity contribution in [1.82, 2.24) is 4.98 Å². The van der Waals surface area contributed by atoms with Crippen LogP contribution in [-0.4, -0.2) is 28.8 Å². The molecule has 0 unspecified atom stereocenters. The Kier molecular flexibility index (Phi) is 4.98. The summed E-state index contributed by atoms with van der Waals surface area (Å²) in [5.41, 5.74) is -1.44. The van der Waals surface area contributed by atoms with Crippen LogP contribution in [0.5, 0.6) is 5.88 Å². The Morgan fingerprint density at radius 3 is 2.56 bits per heavy atom. The second-order valence-electron chi connectivity index (χ2n) is 3.69. The second kappa shape index (κ2) is 6.06. The van der Waals surface area contributed by atoms with E-state index in [0.717, 1.165) is 6.42 Å². The van der Waals surface area contributed by atoms with E-state index in [0.29, 0.717) is 18.7 Å². The van der Waals surface area contributed by atoms with Crippen LogP contribution in [-0.2, 0) is 6.18 Å². The monoisotopic (exact) mass is 263 g/mol. The Hall–Kier alpha value is -1.28. The Labute approximate surface area is 103 Å². The third kappa shape index (κ3) is 3.88. The van der Waals surface area contributed by atoms with Gasteiger partial charge in [0.1, 0.15) is 0 Å². The number of alkyl halides is 3. The van der Waals surface area contributed by atoms with E-state index in [4.69, 9.17) is 14.8 Å². The molecule has 0 aliphatic carbocycles. The lowest BCUT2D eigenvalue weighted by molar-refractivity contribution is -0.137. The van der Waals surface area contributed by atoms with Crippen molar-refractivity contribution in [2.24, 2.45) is 0 Å². The highest BCUT2D eigenvalue weighted by molar-refractivity contribution is 6.59. The van der Waals surface area contributed by atoms with Crippen LogP contribution in [0.4, 0.5) is 13.2 Å². The summed E-state index contributed by atoms with van der Waals surface area (Å²) >= 11 is 0. The largest absolute Gasteiger partial charge is 0.494 e. The molecule has 0 bridgehead atoms. The maximum absolute atomic E-state index is 12.4. The summed E-state index contributed by atoms with van der Waals surface area (Å²) in [5, 5.41) is 18.0. The molecule has 0 spiro atoms. The summed E-state index contributed by atoms with van der Waals surface area (Å²) in [6.07, 6.45) is -2.44. The van der Waals surface area contributed by atoms with Gasteiger partial charge in [0.25, 0.3) is 0 Å². The number of nitrogens with zero attached hydrogens (tertiary/aromatic N) is 1. The summed E-state index contributed by atoms with van der Waals surface area (Å²) in [6.45, 7) is 2.18. The van der Waals surface area contributed by atoms with E-state index >= 15 is 0 Å². The average Bonchev–Trinajstić information content (AvgIpc) is 2.28. The summed E-state index contributed by atoms with van der Waals surface area (Å²) in [6, 6.07) is 0.624. The van der Waals surface area contributed by atoms with E-state index in [1.54, 1.807) is 0 Å². The van der Waals surface area contributed by atoms with Crippen LogP contribution >= 0.6 is 0 Å². The Morgan fingerprint density at radius 2 is 2.06 bits per heavy atom. The number of halogens is 3. The third-order valence-corrected chi connectivity index (χ3v) is 2.22. The first-order valence-corrected chi connectivity index (χ1v) is 5.42. The van der Waals surface area contributed by atoms with Gasteiger partial charge in [0.15, 0.2) is 0 Å².